The van der Waals surface area contributed by atoms with Crippen LogP contribution in [-0.2, 0) is 0 Å². The summed E-state index contributed by atoms with van der Waals surface area (Å²) in [4.78, 5) is 22.4. The Morgan fingerprint density at radius 3 is 2.00 bits per heavy atom. The number of ketones is 2. The second kappa shape index (κ2) is 4.70. The molecule has 0 heterocycles. The second-order valence-electron chi connectivity index (χ2n) is 3.31. The lowest BCUT2D eigenvalue weighted by molar-refractivity contribution is 0.0978. The molecule has 0 aliphatic heterocycles. The lowest BCUT2D eigenvalue weighted by atomic mass is 10.0. The van der Waals surface area contributed by atoms with E-state index < -0.39 is 0 Å². The van der Waals surface area contributed by atoms with Crippen LogP contribution in [0.25, 0.3) is 0 Å². The summed E-state index contributed by atoms with van der Waals surface area (Å²) in [6, 6.07) is 6.83. The van der Waals surface area contributed by atoms with Crippen LogP contribution >= 0.6 is 0 Å². The van der Waals surface area contributed by atoms with Gasteiger partial charge in [-0.2, -0.15) is 0 Å². The minimum absolute atomic E-state index is 0.0273. The molecule has 0 spiro atoms. The molecule has 0 aliphatic carbocycles. The van der Waals surface area contributed by atoms with Crippen LogP contribution < -0.4 is 0 Å². The van der Waals surface area contributed by atoms with Crippen LogP contribution in [-0.4, -0.2) is 11.6 Å². The van der Waals surface area contributed by atoms with E-state index in [1.807, 2.05) is 6.92 Å². The molecule has 0 aliphatic rings. The molecule has 0 aromatic heterocycles. The molecule has 0 fully saturated rings. The number of Topliss-reactive ketones (excluding diaryl/α,β-unsaturated/α-hetero) is 2. The number of hydrogen-bond acceptors (Lipinski definition) is 2. The zero-order valence-corrected chi connectivity index (χ0v) is 8.54. The Hall–Kier alpha value is -1.44. The predicted octanol–water partition coefficient (Wildman–Crippen LogP) is 2.87. The Morgan fingerprint density at radius 2 is 1.57 bits per heavy atom. The number of benzene rings is 1. The molecule has 0 amide bonds. The van der Waals surface area contributed by atoms with Gasteiger partial charge < -0.3 is 0 Å². The average molecular weight is 190 g/mol. The third-order valence-electron chi connectivity index (χ3n) is 2.09. The fourth-order valence-corrected chi connectivity index (χ4v) is 1.26. The minimum Gasteiger partial charge on any atom is -0.295 e. The van der Waals surface area contributed by atoms with Gasteiger partial charge in [0, 0.05) is 17.5 Å². The number of carbonyl (C=O) groups excluding carboxylic acids is 2. The molecule has 0 atom stereocenters. The van der Waals surface area contributed by atoms with Gasteiger partial charge in [0.15, 0.2) is 11.6 Å². The van der Waals surface area contributed by atoms with Crippen LogP contribution in [0.15, 0.2) is 24.3 Å². The molecule has 0 bridgehead atoms. The first kappa shape index (κ1) is 10.6. The van der Waals surface area contributed by atoms with Gasteiger partial charge in [-0.05, 0) is 13.3 Å². The van der Waals surface area contributed by atoms with Crippen molar-refractivity contribution in [1.29, 1.82) is 0 Å². The quantitative estimate of drug-likeness (QED) is 0.684. The van der Waals surface area contributed by atoms with E-state index in [2.05, 4.69) is 0 Å². The molecule has 74 valence electrons. The standard InChI is InChI=1S/C12H14O2/c1-3-4-12(14)11-7-5-10(6-8-11)9(2)13/h5-8H,3-4H2,1-2H3. The Balaban J connectivity index is 2.83. The van der Waals surface area contributed by atoms with Crippen molar-refractivity contribution in [3.63, 3.8) is 0 Å². The first-order valence-electron chi connectivity index (χ1n) is 4.79. The zero-order valence-electron chi connectivity index (χ0n) is 8.54. The maximum absolute atomic E-state index is 11.4. The second-order valence-corrected chi connectivity index (χ2v) is 3.31. The Labute approximate surface area is 83.9 Å². The molecular formula is C12H14O2. The van der Waals surface area contributed by atoms with Gasteiger partial charge in [-0.3, -0.25) is 9.59 Å². The first-order chi connectivity index (χ1) is 6.65. The van der Waals surface area contributed by atoms with Gasteiger partial charge in [0.1, 0.15) is 0 Å². The fraction of sp³-hybridized carbons (Fsp3) is 0.333. The molecule has 0 N–H and O–H groups in total. The van der Waals surface area contributed by atoms with E-state index in [0.29, 0.717) is 17.5 Å². The van der Waals surface area contributed by atoms with Crippen molar-refractivity contribution in [3.05, 3.63) is 35.4 Å². The van der Waals surface area contributed by atoms with E-state index in [9.17, 15) is 9.59 Å². The van der Waals surface area contributed by atoms with E-state index >= 15 is 0 Å². The lowest BCUT2D eigenvalue weighted by Crippen LogP contribution is -1.99. The summed E-state index contributed by atoms with van der Waals surface area (Å²) >= 11 is 0. The van der Waals surface area contributed by atoms with Crippen LogP contribution in [0.2, 0.25) is 0 Å². The first-order valence-corrected chi connectivity index (χ1v) is 4.79. The van der Waals surface area contributed by atoms with Gasteiger partial charge in [-0.15, -0.1) is 0 Å². The van der Waals surface area contributed by atoms with Gasteiger partial charge in [0.05, 0.1) is 0 Å². The summed E-state index contributed by atoms with van der Waals surface area (Å²) in [5.74, 6) is 0.169. The third kappa shape index (κ3) is 2.52. The maximum atomic E-state index is 11.4. The summed E-state index contributed by atoms with van der Waals surface area (Å²) in [5.41, 5.74) is 1.34. The third-order valence-corrected chi connectivity index (χ3v) is 2.09. The van der Waals surface area contributed by atoms with Crippen molar-refractivity contribution in [2.24, 2.45) is 0 Å². The monoisotopic (exact) mass is 190 g/mol. The van der Waals surface area contributed by atoms with Crippen LogP contribution in [0.5, 0.6) is 0 Å². The molecule has 0 saturated heterocycles. The fourth-order valence-electron chi connectivity index (χ4n) is 1.26. The molecule has 0 radical (unpaired) electrons. The van der Waals surface area contributed by atoms with Crippen molar-refractivity contribution in [2.45, 2.75) is 26.7 Å². The SMILES string of the molecule is CCCC(=O)c1ccc(C(C)=O)cc1. The van der Waals surface area contributed by atoms with E-state index in [-0.39, 0.29) is 11.6 Å². The van der Waals surface area contributed by atoms with E-state index in [1.54, 1.807) is 24.3 Å². The lowest BCUT2D eigenvalue weighted by Gasteiger charge is -1.99. The normalized spacial score (nSPS) is 9.86. The highest BCUT2D eigenvalue weighted by Crippen LogP contribution is 2.08. The van der Waals surface area contributed by atoms with Gasteiger partial charge >= 0.3 is 0 Å². The molecule has 0 unspecified atom stereocenters. The van der Waals surface area contributed by atoms with E-state index in [4.69, 9.17) is 0 Å². The van der Waals surface area contributed by atoms with Gasteiger partial charge in [-0.25, -0.2) is 0 Å². The van der Waals surface area contributed by atoms with Gasteiger partial charge in [0.25, 0.3) is 0 Å². The summed E-state index contributed by atoms with van der Waals surface area (Å²) in [5, 5.41) is 0. The number of hydrogen-bond donors (Lipinski definition) is 0. The van der Waals surface area contributed by atoms with Gasteiger partial charge in [-0.1, -0.05) is 31.2 Å². The van der Waals surface area contributed by atoms with Crippen molar-refractivity contribution >= 4 is 11.6 Å². The van der Waals surface area contributed by atoms with Crippen molar-refractivity contribution in [1.82, 2.24) is 0 Å². The average Bonchev–Trinajstić information content (AvgIpc) is 2.18. The van der Waals surface area contributed by atoms with Crippen LogP contribution in [0.1, 0.15) is 47.4 Å². The van der Waals surface area contributed by atoms with Crippen molar-refractivity contribution in [2.75, 3.05) is 0 Å². The van der Waals surface area contributed by atoms with Crippen molar-refractivity contribution < 1.29 is 9.59 Å². The molecule has 14 heavy (non-hydrogen) atoms. The van der Waals surface area contributed by atoms with Crippen LogP contribution in [0, 0.1) is 0 Å². The van der Waals surface area contributed by atoms with E-state index in [1.165, 1.54) is 6.92 Å². The van der Waals surface area contributed by atoms with Crippen LogP contribution in [0.4, 0.5) is 0 Å². The molecule has 2 heteroatoms. The molecule has 0 saturated carbocycles. The number of carbonyl (C=O) groups is 2. The highest BCUT2D eigenvalue weighted by molar-refractivity contribution is 5.98. The highest BCUT2D eigenvalue weighted by atomic mass is 16.1. The highest BCUT2D eigenvalue weighted by Gasteiger charge is 2.05. The molecule has 1 rings (SSSR count). The Kier molecular flexibility index (Phi) is 3.57. The minimum atomic E-state index is 0.0273. The summed E-state index contributed by atoms with van der Waals surface area (Å²) in [6.45, 7) is 3.49. The maximum Gasteiger partial charge on any atom is 0.162 e. The Bertz CT molecular complexity index is 336. The zero-order chi connectivity index (χ0) is 10.6. The molecule has 1 aromatic carbocycles. The molecular weight excluding hydrogens is 176 g/mol. The smallest absolute Gasteiger partial charge is 0.162 e. The summed E-state index contributed by atoms with van der Waals surface area (Å²) in [6.07, 6.45) is 1.42. The predicted molar refractivity (Wildman–Crippen MR) is 55.7 cm³/mol. The largest absolute Gasteiger partial charge is 0.295 e. The van der Waals surface area contributed by atoms with Crippen LogP contribution in [0.3, 0.4) is 0 Å². The number of rotatable bonds is 4. The van der Waals surface area contributed by atoms with E-state index in [0.717, 1.165) is 6.42 Å². The van der Waals surface area contributed by atoms with Gasteiger partial charge in [0.2, 0.25) is 0 Å². The molecule has 1 aromatic rings. The Morgan fingerprint density at radius 1 is 1.07 bits per heavy atom. The van der Waals surface area contributed by atoms with Crippen molar-refractivity contribution in [3.8, 4) is 0 Å². The topological polar surface area (TPSA) is 34.1 Å². The summed E-state index contributed by atoms with van der Waals surface area (Å²) in [7, 11) is 0. The summed E-state index contributed by atoms with van der Waals surface area (Å²) < 4.78 is 0. The molecule has 2 nitrogen and oxygen atoms in total.